The minimum absolute atomic E-state index is 0.0511. The number of carbonyl (C=O) groups is 3. The van der Waals surface area contributed by atoms with Gasteiger partial charge in [0.25, 0.3) is 0 Å². The number of rotatable bonds is 7. The van der Waals surface area contributed by atoms with Crippen LogP contribution in [0.1, 0.15) is 63.7 Å². The fraction of sp³-hybridized carbons (Fsp3) is 0.654. The van der Waals surface area contributed by atoms with Gasteiger partial charge in [-0.25, -0.2) is 4.79 Å². The van der Waals surface area contributed by atoms with Crippen molar-refractivity contribution in [3.63, 3.8) is 0 Å². The number of amides is 2. The summed E-state index contributed by atoms with van der Waals surface area (Å²) in [6.45, 7) is 11.8. The van der Waals surface area contributed by atoms with Crippen LogP contribution in [-0.2, 0) is 14.3 Å². The monoisotopic (exact) mass is 457 g/mol. The number of ether oxygens (including phenoxy) is 1. The average Bonchev–Trinajstić information content (AvgIpc) is 2.79. The summed E-state index contributed by atoms with van der Waals surface area (Å²) in [5.41, 5.74) is 1.12. The standard InChI is InChI=1S/C26H39N3O4/c1-5-23(24(30)27-22-9-7-21(8-10-22)26(32)33-6-2)28-13-11-20(12-14-28)25(31)29-16-18(3)15-19(4)17-29/h7-10,18-20,23H,5-6,11-17H2,1-4H3,(H,27,30). The predicted molar refractivity (Wildman–Crippen MR) is 129 cm³/mol. The molecular weight excluding hydrogens is 418 g/mol. The molecule has 2 aliphatic heterocycles. The number of nitrogens with one attached hydrogen (secondary N) is 1. The van der Waals surface area contributed by atoms with E-state index >= 15 is 0 Å². The van der Waals surface area contributed by atoms with Crippen LogP contribution in [0.4, 0.5) is 5.69 Å². The Morgan fingerprint density at radius 1 is 1.03 bits per heavy atom. The van der Waals surface area contributed by atoms with Gasteiger partial charge in [-0.1, -0.05) is 20.8 Å². The van der Waals surface area contributed by atoms with Crippen molar-refractivity contribution in [2.45, 2.75) is 59.4 Å². The molecule has 3 rings (SSSR count). The van der Waals surface area contributed by atoms with Crippen LogP contribution in [-0.4, -0.2) is 66.4 Å². The first-order valence-electron chi connectivity index (χ1n) is 12.4. The third-order valence-corrected chi connectivity index (χ3v) is 6.85. The molecule has 0 spiro atoms. The molecule has 0 aliphatic carbocycles. The van der Waals surface area contributed by atoms with Crippen LogP contribution in [0.5, 0.6) is 0 Å². The number of likely N-dealkylation sites (tertiary alicyclic amines) is 2. The highest BCUT2D eigenvalue weighted by atomic mass is 16.5. The second-order valence-corrected chi connectivity index (χ2v) is 9.71. The van der Waals surface area contributed by atoms with E-state index in [-0.39, 0.29) is 23.8 Å². The van der Waals surface area contributed by atoms with E-state index in [1.54, 1.807) is 31.2 Å². The van der Waals surface area contributed by atoms with Crippen LogP contribution in [0.25, 0.3) is 0 Å². The molecule has 7 nitrogen and oxygen atoms in total. The molecule has 7 heteroatoms. The summed E-state index contributed by atoms with van der Waals surface area (Å²) in [4.78, 5) is 42.1. The van der Waals surface area contributed by atoms with Crippen LogP contribution >= 0.6 is 0 Å². The van der Waals surface area contributed by atoms with Gasteiger partial charge in [-0.05, 0) is 81.8 Å². The molecule has 1 aromatic rings. The number of hydrogen-bond donors (Lipinski definition) is 1. The molecule has 2 fully saturated rings. The van der Waals surface area contributed by atoms with Gasteiger partial charge in [0, 0.05) is 24.7 Å². The molecule has 1 aromatic carbocycles. The van der Waals surface area contributed by atoms with Gasteiger partial charge >= 0.3 is 5.97 Å². The van der Waals surface area contributed by atoms with E-state index in [0.29, 0.717) is 42.0 Å². The van der Waals surface area contributed by atoms with E-state index in [0.717, 1.165) is 39.0 Å². The lowest BCUT2D eigenvalue weighted by Gasteiger charge is -2.40. The van der Waals surface area contributed by atoms with Crippen LogP contribution in [0.2, 0.25) is 0 Å². The Labute approximate surface area is 197 Å². The zero-order valence-electron chi connectivity index (χ0n) is 20.5. The number of piperidine rings is 2. The van der Waals surface area contributed by atoms with Crippen molar-refractivity contribution >= 4 is 23.5 Å². The summed E-state index contributed by atoms with van der Waals surface area (Å²) < 4.78 is 5.00. The molecule has 0 saturated carbocycles. The van der Waals surface area contributed by atoms with Crippen molar-refractivity contribution < 1.29 is 19.1 Å². The third-order valence-electron chi connectivity index (χ3n) is 6.85. The summed E-state index contributed by atoms with van der Waals surface area (Å²) in [7, 11) is 0. The molecule has 1 N–H and O–H groups in total. The molecule has 0 radical (unpaired) electrons. The van der Waals surface area contributed by atoms with Crippen molar-refractivity contribution in [3.8, 4) is 0 Å². The molecule has 0 bridgehead atoms. The normalized spacial score (nSPS) is 23.1. The Bertz CT molecular complexity index is 807. The number of hydrogen-bond acceptors (Lipinski definition) is 5. The second kappa shape index (κ2) is 11.6. The topological polar surface area (TPSA) is 79.0 Å². The maximum atomic E-state index is 13.1. The lowest BCUT2D eigenvalue weighted by atomic mass is 9.88. The summed E-state index contributed by atoms with van der Waals surface area (Å²) >= 11 is 0. The molecule has 2 heterocycles. The van der Waals surface area contributed by atoms with Gasteiger partial charge in [-0.3, -0.25) is 14.5 Å². The lowest BCUT2D eigenvalue weighted by Crippen LogP contribution is -2.51. The molecule has 182 valence electrons. The SMILES string of the molecule is CCOC(=O)c1ccc(NC(=O)C(CC)N2CCC(C(=O)N3CC(C)CC(C)C3)CC2)cc1. The molecule has 3 atom stereocenters. The van der Waals surface area contributed by atoms with Gasteiger partial charge in [-0.2, -0.15) is 0 Å². The van der Waals surface area contributed by atoms with E-state index in [2.05, 4.69) is 29.0 Å². The highest BCUT2D eigenvalue weighted by Gasteiger charge is 2.35. The summed E-state index contributed by atoms with van der Waals surface area (Å²) in [6, 6.07) is 6.54. The number of esters is 1. The smallest absolute Gasteiger partial charge is 0.338 e. The largest absolute Gasteiger partial charge is 0.462 e. The van der Waals surface area contributed by atoms with Crippen molar-refractivity contribution in [2.24, 2.45) is 17.8 Å². The van der Waals surface area contributed by atoms with Crippen molar-refractivity contribution in [2.75, 3.05) is 38.1 Å². The van der Waals surface area contributed by atoms with Gasteiger partial charge < -0.3 is 15.0 Å². The van der Waals surface area contributed by atoms with Gasteiger partial charge in [0.1, 0.15) is 0 Å². The zero-order chi connectivity index (χ0) is 24.0. The molecular formula is C26H39N3O4. The number of nitrogens with zero attached hydrogens (tertiary/aromatic N) is 2. The molecule has 33 heavy (non-hydrogen) atoms. The predicted octanol–water partition coefficient (Wildman–Crippen LogP) is 3.80. The first-order valence-corrected chi connectivity index (χ1v) is 12.4. The fourth-order valence-corrected chi connectivity index (χ4v) is 5.30. The third kappa shape index (κ3) is 6.56. The highest BCUT2D eigenvalue weighted by Crippen LogP contribution is 2.27. The molecule has 3 unspecified atom stereocenters. The summed E-state index contributed by atoms with van der Waals surface area (Å²) in [6.07, 6.45) is 3.50. The van der Waals surface area contributed by atoms with Crippen LogP contribution in [0.15, 0.2) is 24.3 Å². The van der Waals surface area contributed by atoms with E-state index in [1.807, 2.05) is 6.92 Å². The maximum absolute atomic E-state index is 13.1. The summed E-state index contributed by atoms with van der Waals surface area (Å²) in [5, 5.41) is 2.98. The molecule has 2 aliphatic rings. The quantitative estimate of drug-likeness (QED) is 0.630. The number of benzene rings is 1. The maximum Gasteiger partial charge on any atom is 0.338 e. The van der Waals surface area contributed by atoms with Crippen molar-refractivity contribution in [1.82, 2.24) is 9.80 Å². The Balaban J connectivity index is 1.52. The molecule has 2 amide bonds. The molecule has 0 aromatic heterocycles. The number of carbonyl (C=O) groups excluding carboxylic acids is 3. The van der Waals surface area contributed by atoms with Crippen molar-refractivity contribution in [3.05, 3.63) is 29.8 Å². The van der Waals surface area contributed by atoms with E-state index in [9.17, 15) is 14.4 Å². The average molecular weight is 458 g/mol. The van der Waals surface area contributed by atoms with Crippen LogP contribution < -0.4 is 5.32 Å². The van der Waals surface area contributed by atoms with Gasteiger partial charge in [-0.15, -0.1) is 0 Å². The van der Waals surface area contributed by atoms with Crippen molar-refractivity contribution in [1.29, 1.82) is 0 Å². The lowest BCUT2D eigenvalue weighted by molar-refractivity contribution is -0.140. The van der Waals surface area contributed by atoms with E-state index < -0.39 is 0 Å². The first kappa shape index (κ1) is 25.2. The van der Waals surface area contributed by atoms with Crippen LogP contribution in [0.3, 0.4) is 0 Å². The Morgan fingerprint density at radius 3 is 2.18 bits per heavy atom. The van der Waals surface area contributed by atoms with Gasteiger partial charge in [0.2, 0.25) is 11.8 Å². The Kier molecular flexibility index (Phi) is 8.89. The fourth-order valence-electron chi connectivity index (χ4n) is 5.30. The van der Waals surface area contributed by atoms with Crippen LogP contribution in [0, 0.1) is 17.8 Å². The highest BCUT2D eigenvalue weighted by molar-refractivity contribution is 5.96. The van der Waals surface area contributed by atoms with Gasteiger partial charge in [0.05, 0.1) is 18.2 Å². The van der Waals surface area contributed by atoms with E-state index in [1.165, 1.54) is 6.42 Å². The minimum Gasteiger partial charge on any atom is -0.462 e. The molecule has 2 saturated heterocycles. The number of anilines is 1. The Morgan fingerprint density at radius 2 is 1.64 bits per heavy atom. The Hall–Kier alpha value is -2.41. The minimum atomic E-state index is -0.368. The zero-order valence-corrected chi connectivity index (χ0v) is 20.5. The van der Waals surface area contributed by atoms with E-state index in [4.69, 9.17) is 4.74 Å². The van der Waals surface area contributed by atoms with Gasteiger partial charge in [0.15, 0.2) is 0 Å². The second-order valence-electron chi connectivity index (χ2n) is 9.71. The summed E-state index contributed by atoms with van der Waals surface area (Å²) in [5.74, 6) is 1.08. The first-order chi connectivity index (χ1) is 15.8.